The van der Waals surface area contributed by atoms with Crippen LogP contribution in [0.25, 0.3) is 0 Å². The Hall–Kier alpha value is -0.610. The van der Waals surface area contributed by atoms with Crippen LogP contribution >= 0.6 is 0 Å². The largest absolute Gasteiger partial charge is 0.394 e. The molecule has 4 nitrogen and oxygen atoms in total. The lowest BCUT2D eigenvalue weighted by Gasteiger charge is -2.11. The Morgan fingerprint density at radius 1 is 1.58 bits per heavy atom. The van der Waals surface area contributed by atoms with Gasteiger partial charge in [-0.25, -0.2) is 0 Å². The quantitative estimate of drug-likeness (QED) is 0.527. The summed E-state index contributed by atoms with van der Waals surface area (Å²) >= 11 is 0. The lowest BCUT2D eigenvalue weighted by atomic mass is 10.1. The Kier molecular flexibility index (Phi) is 5.66. The molecule has 0 rings (SSSR count). The predicted molar refractivity (Wildman–Crippen MR) is 45.6 cm³/mol. The van der Waals surface area contributed by atoms with E-state index in [2.05, 4.69) is 5.32 Å². The maximum Gasteiger partial charge on any atom is 0.222 e. The molecular formula is C8H17NO3. The Morgan fingerprint density at radius 2 is 2.17 bits per heavy atom. The molecule has 0 aromatic rings. The molecule has 4 heteroatoms. The summed E-state index contributed by atoms with van der Waals surface area (Å²) < 4.78 is 0. The molecule has 0 aliphatic rings. The molecule has 0 aromatic carbocycles. The molecule has 0 bridgehead atoms. The van der Waals surface area contributed by atoms with Crippen LogP contribution in [0.2, 0.25) is 0 Å². The van der Waals surface area contributed by atoms with E-state index in [1.807, 2.05) is 13.8 Å². The van der Waals surface area contributed by atoms with Crippen molar-refractivity contribution >= 4 is 5.91 Å². The highest BCUT2D eigenvalue weighted by atomic mass is 16.3. The van der Waals surface area contributed by atoms with Crippen LogP contribution in [-0.4, -0.2) is 35.4 Å². The molecule has 0 aliphatic carbocycles. The first-order valence-electron chi connectivity index (χ1n) is 4.18. The third kappa shape index (κ3) is 4.31. The number of nitrogens with one attached hydrogen (secondary N) is 1. The van der Waals surface area contributed by atoms with Crippen LogP contribution in [0.1, 0.15) is 20.3 Å². The molecule has 12 heavy (non-hydrogen) atoms. The number of amides is 1. The molecule has 0 aliphatic heterocycles. The second-order valence-corrected chi connectivity index (χ2v) is 2.89. The molecule has 1 unspecified atom stereocenters. The Balaban J connectivity index is 3.56. The summed E-state index contributed by atoms with van der Waals surface area (Å²) in [5.41, 5.74) is 0. The van der Waals surface area contributed by atoms with E-state index in [9.17, 15) is 4.79 Å². The smallest absolute Gasteiger partial charge is 0.222 e. The van der Waals surface area contributed by atoms with Crippen molar-refractivity contribution in [3.05, 3.63) is 0 Å². The third-order valence-electron chi connectivity index (χ3n) is 1.78. The van der Waals surface area contributed by atoms with Crippen LogP contribution in [0.4, 0.5) is 0 Å². The summed E-state index contributed by atoms with van der Waals surface area (Å²) in [5.74, 6) is -0.110. The summed E-state index contributed by atoms with van der Waals surface area (Å²) in [6.45, 7) is 3.55. The summed E-state index contributed by atoms with van der Waals surface area (Å²) in [7, 11) is 0. The van der Waals surface area contributed by atoms with Gasteiger partial charge in [0.05, 0.1) is 12.7 Å². The van der Waals surface area contributed by atoms with E-state index >= 15 is 0 Å². The van der Waals surface area contributed by atoms with Gasteiger partial charge >= 0.3 is 0 Å². The normalized spacial score (nSPS) is 15.3. The van der Waals surface area contributed by atoms with Crippen molar-refractivity contribution in [2.75, 3.05) is 13.2 Å². The van der Waals surface area contributed by atoms with Gasteiger partial charge in [0.1, 0.15) is 0 Å². The maximum atomic E-state index is 11.1. The van der Waals surface area contributed by atoms with Crippen LogP contribution in [0.3, 0.4) is 0 Å². The molecule has 2 atom stereocenters. The maximum absolute atomic E-state index is 11.1. The fourth-order valence-corrected chi connectivity index (χ4v) is 0.643. The highest BCUT2D eigenvalue weighted by Crippen LogP contribution is 1.99. The number of carbonyl (C=O) groups is 1. The number of carbonyl (C=O) groups excluding carboxylic acids is 1. The predicted octanol–water partition coefficient (Wildman–Crippen LogP) is -0.498. The number of rotatable bonds is 5. The average Bonchev–Trinajstić information content (AvgIpc) is 2.11. The van der Waals surface area contributed by atoms with E-state index in [1.54, 1.807) is 0 Å². The van der Waals surface area contributed by atoms with Gasteiger partial charge in [-0.1, -0.05) is 13.8 Å². The van der Waals surface area contributed by atoms with Crippen LogP contribution in [0, 0.1) is 5.92 Å². The summed E-state index contributed by atoms with van der Waals surface area (Å²) in [4.78, 5) is 11.1. The Bertz CT molecular complexity index is 138. The topological polar surface area (TPSA) is 69.6 Å². The van der Waals surface area contributed by atoms with Gasteiger partial charge < -0.3 is 15.5 Å². The van der Waals surface area contributed by atoms with E-state index < -0.39 is 6.10 Å². The highest BCUT2D eigenvalue weighted by Gasteiger charge is 2.11. The van der Waals surface area contributed by atoms with E-state index in [4.69, 9.17) is 10.2 Å². The second kappa shape index (κ2) is 5.97. The summed E-state index contributed by atoms with van der Waals surface area (Å²) in [6, 6.07) is 0. The first-order valence-corrected chi connectivity index (χ1v) is 4.18. The molecule has 0 saturated heterocycles. The molecule has 3 N–H and O–H groups in total. The highest BCUT2D eigenvalue weighted by molar-refractivity contribution is 5.78. The number of aliphatic hydroxyl groups is 2. The average molecular weight is 175 g/mol. The summed E-state index contributed by atoms with van der Waals surface area (Å²) in [6.07, 6.45) is -0.0702. The van der Waals surface area contributed by atoms with E-state index in [0.29, 0.717) is 0 Å². The Morgan fingerprint density at radius 3 is 2.58 bits per heavy atom. The van der Waals surface area contributed by atoms with Crippen LogP contribution < -0.4 is 5.32 Å². The van der Waals surface area contributed by atoms with Crippen molar-refractivity contribution in [3.63, 3.8) is 0 Å². The number of aliphatic hydroxyl groups excluding tert-OH is 2. The van der Waals surface area contributed by atoms with Gasteiger partial charge in [0.25, 0.3) is 0 Å². The zero-order valence-electron chi connectivity index (χ0n) is 7.58. The van der Waals surface area contributed by atoms with Crippen molar-refractivity contribution in [1.82, 2.24) is 5.32 Å². The van der Waals surface area contributed by atoms with Crippen molar-refractivity contribution in [3.8, 4) is 0 Å². The minimum atomic E-state index is -0.849. The molecule has 0 aromatic heterocycles. The standard InChI is InChI=1S/C8H17NO3/c1-3-6(2)8(12)9-4-7(11)5-10/h6-7,10-11H,3-5H2,1-2H3,(H,9,12)/t6?,7-/m0/s1. The minimum Gasteiger partial charge on any atom is -0.394 e. The zero-order valence-corrected chi connectivity index (χ0v) is 7.58. The van der Waals surface area contributed by atoms with Gasteiger partial charge in [-0.15, -0.1) is 0 Å². The van der Waals surface area contributed by atoms with Gasteiger partial charge in [0.15, 0.2) is 0 Å². The van der Waals surface area contributed by atoms with Gasteiger partial charge in [-0.05, 0) is 6.42 Å². The van der Waals surface area contributed by atoms with Crippen molar-refractivity contribution in [2.45, 2.75) is 26.4 Å². The molecule has 1 amide bonds. The second-order valence-electron chi connectivity index (χ2n) is 2.89. The van der Waals surface area contributed by atoms with E-state index in [-0.39, 0.29) is 25.0 Å². The fraction of sp³-hybridized carbons (Fsp3) is 0.875. The van der Waals surface area contributed by atoms with Crippen LogP contribution in [0.15, 0.2) is 0 Å². The van der Waals surface area contributed by atoms with Gasteiger partial charge in [0, 0.05) is 12.5 Å². The van der Waals surface area contributed by atoms with E-state index in [0.717, 1.165) is 6.42 Å². The SMILES string of the molecule is CCC(C)C(=O)NC[C@H](O)CO. The first kappa shape index (κ1) is 11.4. The lowest BCUT2D eigenvalue weighted by molar-refractivity contribution is -0.125. The van der Waals surface area contributed by atoms with Crippen LogP contribution in [-0.2, 0) is 4.79 Å². The van der Waals surface area contributed by atoms with Crippen molar-refractivity contribution in [1.29, 1.82) is 0 Å². The summed E-state index contributed by atoms with van der Waals surface area (Å²) in [5, 5.41) is 19.9. The van der Waals surface area contributed by atoms with Crippen molar-refractivity contribution < 1.29 is 15.0 Å². The van der Waals surface area contributed by atoms with Gasteiger partial charge in [0.2, 0.25) is 5.91 Å². The molecule has 72 valence electrons. The number of hydrogen-bond acceptors (Lipinski definition) is 3. The molecule has 0 heterocycles. The van der Waals surface area contributed by atoms with Gasteiger partial charge in [-0.3, -0.25) is 4.79 Å². The third-order valence-corrected chi connectivity index (χ3v) is 1.78. The molecule has 0 saturated carbocycles. The molecular weight excluding hydrogens is 158 g/mol. The van der Waals surface area contributed by atoms with Crippen LogP contribution in [0.5, 0.6) is 0 Å². The van der Waals surface area contributed by atoms with E-state index in [1.165, 1.54) is 0 Å². The molecule has 0 fully saturated rings. The lowest BCUT2D eigenvalue weighted by Crippen LogP contribution is -2.36. The van der Waals surface area contributed by atoms with Gasteiger partial charge in [-0.2, -0.15) is 0 Å². The molecule has 0 spiro atoms. The fourth-order valence-electron chi connectivity index (χ4n) is 0.643. The number of hydrogen-bond donors (Lipinski definition) is 3. The monoisotopic (exact) mass is 175 g/mol. The first-order chi connectivity index (χ1) is 5.61. The molecule has 0 radical (unpaired) electrons. The minimum absolute atomic E-state index is 0.0316. The zero-order chi connectivity index (χ0) is 9.56. The Labute approximate surface area is 72.6 Å². The van der Waals surface area contributed by atoms with Crippen molar-refractivity contribution in [2.24, 2.45) is 5.92 Å².